The maximum absolute atomic E-state index is 13.4. The Morgan fingerprint density at radius 1 is 1.19 bits per heavy atom. The van der Waals surface area contributed by atoms with Gasteiger partial charge in [-0.05, 0) is 62.0 Å². The van der Waals surface area contributed by atoms with Crippen LogP contribution in [0.3, 0.4) is 0 Å². The first kappa shape index (κ1) is 19.4. The third-order valence-corrected chi connectivity index (χ3v) is 5.56. The van der Waals surface area contributed by atoms with Gasteiger partial charge in [-0.1, -0.05) is 6.07 Å². The molecule has 1 amide bonds. The van der Waals surface area contributed by atoms with Gasteiger partial charge in [0.1, 0.15) is 11.6 Å². The minimum Gasteiger partial charge on any atom is -0.412 e. The summed E-state index contributed by atoms with van der Waals surface area (Å²) in [5.74, 6) is -1.51. The van der Waals surface area contributed by atoms with Crippen LogP contribution in [0, 0.1) is 17.6 Å². The van der Waals surface area contributed by atoms with Gasteiger partial charge in [0.15, 0.2) is 0 Å². The van der Waals surface area contributed by atoms with Crippen molar-refractivity contribution in [3.05, 3.63) is 65.5 Å². The van der Waals surface area contributed by atoms with Crippen molar-refractivity contribution in [2.75, 3.05) is 13.1 Å². The van der Waals surface area contributed by atoms with Crippen LogP contribution in [-0.2, 0) is 6.42 Å². The third-order valence-electron chi connectivity index (χ3n) is 5.56. The molecule has 2 aromatic rings. The summed E-state index contributed by atoms with van der Waals surface area (Å²) in [6.45, 7) is 2.05. The van der Waals surface area contributed by atoms with Crippen molar-refractivity contribution in [1.82, 2.24) is 15.2 Å². The monoisotopic (exact) mass is 375 g/mol. The van der Waals surface area contributed by atoms with E-state index in [1.807, 2.05) is 18.3 Å². The summed E-state index contributed by atoms with van der Waals surface area (Å²) < 4.78 is 26.9. The Balaban J connectivity index is 0.00000210. The molecule has 0 radical (unpaired) electrons. The smallest absolute Gasteiger partial charge is 0.251 e. The fourth-order valence-corrected chi connectivity index (χ4v) is 4.30. The zero-order chi connectivity index (χ0) is 18.1. The molecule has 3 N–H and O–H groups in total. The van der Waals surface area contributed by atoms with Crippen LogP contribution >= 0.6 is 0 Å². The molecule has 3 aliphatic heterocycles. The van der Waals surface area contributed by atoms with Crippen molar-refractivity contribution >= 4 is 5.91 Å². The first-order valence-corrected chi connectivity index (χ1v) is 9.00. The lowest BCUT2D eigenvalue weighted by Crippen LogP contribution is -2.64. The van der Waals surface area contributed by atoms with Gasteiger partial charge in [0.25, 0.3) is 5.91 Å². The molecule has 3 fully saturated rings. The number of piperidine rings is 3. The summed E-state index contributed by atoms with van der Waals surface area (Å²) >= 11 is 0. The molecule has 0 aliphatic carbocycles. The van der Waals surface area contributed by atoms with Gasteiger partial charge in [0.05, 0.1) is 0 Å². The Labute approximate surface area is 156 Å². The van der Waals surface area contributed by atoms with E-state index in [0.29, 0.717) is 5.92 Å². The number of pyridine rings is 1. The van der Waals surface area contributed by atoms with Crippen molar-refractivity contribution < 1.29 is 19.1 Å². The Hall–Kier alpha value is -2.38. The van der Waals surface area contributed by atoms with E-state index in [9.17, 15) is 13.6 Å². The molecule has 1 aromatic carbocycles. The Morgan fingerprint density at radius 2 is 1.89 bits per heavy atom. The number of rotatable bonds is 4. The molecule has 3 aliphatic rings. The number of fused-ring (bicyclic) bond motifs is 3. The first-order valence-electron chi connectivity index (χ1n) is 9.00. The predicted octanol–water partition coefficient (Wildman–Crippen LogP) is 1.97. The van der Waals surface area contributed by atoms with E-state index in [2.05, 4.69) is 15.2 Å². The summed E-state index contributed by atoms with van der Waals surface area (Å²) in [6.07, 6.45) is 6.46. The van der Waals surface area contributed by atoms with E-state index < -0.39 is 17.5 Å². The number of hydrogen-bond donors (Lipinski definition) is 1. The van der Waals surface area contributed by atoms with Gasteiger partial charge in [0.2, 0.25) is 0 Å². The van der Waals surface area contributed by atoms with Crippen LogP contribution in [-0.4, -0.2) is 46.4 Å². The van der Waals surface area contributed by atoms with E-state index >= 15 is 0 Å². The summed E-state index contributed by atoms with van der Waals surface area (Å²) in [7, 11) is 0. The minimum atomic E-state index is -0.740. The van der Waals surface area contributed by atoms with Crippen molar-refractivity contribution in [2.45, 2.75) is 31.3 Å². The van der Waals surface area contributed by atoms with Gasteiger partial charge >= 0.3 is 0 Å². The molecule has 4 heterocycles. The molecule has 0 saturated carbocycles. The number of benzene rings is 1. The fraction of sp³-hybridized carbons (Fsp3) is 0.400. The lowest BCUT2D eigenvalue weighted by atomic mass is 9.76. The zero-order valence-electron chi connectivity index (χ0n) is 14.9. The van der Waals surface area contributed by atoms with Crippen molar-refractivity contribution in [1.29, 1.82) is 0 Å². The maximum atomic E-state index is 13.4. The molecule has 2 bridgehead atoms. The van der Waals surface area contributed by atoms with E-state index in [4.69, 9.17) is 0 Å². The second-order valence-corrected chi connectivity index (χ2v) is 7.16. The normalized spacial score (nSPS) is 26.3. The number of hydrogen-bond acceptors (Lipinski definition) is 3. The lowest BCUT2D eigenvalue weighted by Gasteiger charge is -2.51. The van der Waals surface area contributed by atoms with Gasteiger partial charge in [-0.2, -0.15) is 0 Å². The molecule has 3 saturated heterocycles. The molecule has 1 aromatic heterocycles. The van der Waals surface area contributed by atoms with E-state index in [0.717, 1.165) is 56.1 Å². The summed E-state index contributed by atoms with van der Waals surface area (Å²) in [5, 5.41) is 3.06. The zero-order valence-corrected chi connectivity index (χ0v) is 14.9. The molecule has 0 unspecified atom stereocenters. The van der Waals surface area contributed by atoms with Crippen molar-refractivity contribution in [3.8, 4) is 0 Å². The Morgan fingerprint density at radius 3 is 2.52 bits per heavy atom. The summed E-state index contributed by atoms with van der Waals surface area (Å²) in [5.41, 5.74) is 1.15. The maximum Gasteiger partial charge on any atom is 0.251 e. The van der Waals surface area contributed by atoms with E-state index in [-0.39, 0.29) is 23.1 Å². The number of aromatic nitrogens is 1. The average molecular weight is 375 g/mol. The predicted molar refractivity (Wildman–Crippen MR) is 97.3 cm³/mol. The third kappa shape index (κ3) is 4.14. The van der Waals surface area contributed by atoms with Crippen LogP contribution < -0.4 is 5.32 Å². The summed E-state index contributed by atoms with van der Waals surface area (Å²) in [4.78, 5) is 19.2. The van der Waals surface area contributed by atoms with E-state index in [1.165, 1.54) is 0 Å². The number of nitrogens with one attached hydrogen (secondary N) is 1. The van der Waals surface area contributed by atoms with Crippen LogP contribution in [0.2, 0.25) is 0 Å². The molecule has 5 nitrogen and oxygen atoms in total. The SMILES string of the molecule is O.O=C(N[C@@H]1C2CCN(CC2)[C@H]1Cc1cccnc1)c1cc(F)cc(F)c1. The molecular formula is C20H23F2N3O2. The molecule has 7 heteroatoms. The van der Waals surface area contributed by atoms with Crippen LogP contribution in [0.15, 0.2) is 42.7 Å². The number of nitrogens with zero attached hydrogens (tertiary/aromatic N) is 2. The van der Waals surface area contributed by atoms with Gasteiger partial charge in [-0.15, -0.1) is 0 Å². The van der Waals surface area contributed by atoms with Gasteiger partial charge in [0, 0.05) is 36.1 Å². The molecule has 2 atom stereocenters. The second kappa shape index (κ2) is 8.10. The van der Waals surface area contributed by atoms with Gasteiger partial charge in [-0.25, -0.2) is 8.78 Å². The highest BCUT2D eigenvalue weighted by molar-refractivity contribution is 5.94. The standard InChI is InChI=1S/C20H21F2N3O.H2O/c21-16-9-15(10-17(22)11-16)20(26)24-19-14-3-6-25(7-4-14)18(19)8-13-2-1-5-23-12-13;/h1-2,5,9-12,14,18-19H,3-4,6-8H2,(H,24,26);1H2/t18-,19+;/m0./s1. The highest BCUT2D eigenvalue weighted by Gasteiger charge is 2.42. The highest BCUT2D eigenvalue weighted by Crippen LogP contribution is 2.34. The Bertz CT molecular complexity index is 775. The summed E-state index contributed by atoms with van der Waals surface area (Å²) in [6, 6.07) is 7.03. The highest BCUT2D eigenvalue weighted by atomic mass is 19.1. The van der Waals surface area contributed by atoms with Gasteiger partial charge < -0.3 is 10.8 Å². The van der Waals surface area contributed by atoms with Crippen LogP contribution in [0.5, 0.6) is 0 Å². The van der Waals surface area contributed by atoms with Crippen LogP contribution in [0.4, 0.5) is 8.78 Å². The lowest BCUT2D eigenvalue weighted by molar-refractivity contribution is 0.0136. The molecule has 5 rings (SSSR count). The molecule has 0 spiro atoms. The van der Waals surface area contributed by atoms with E-state index in [1.54, 1.807) is 6.20 Å². The van der Waals surface area contributed by atoms with Crippen LogP contribution in [0.25, 0.3) is 0 Å². The second-order valence-electron chi connectivity index (χ2n) is 7.16. The van der Waals surface area contributed by atoms with Crippen molar-refractivity contribution in [2.24, 2.45) is 5.92 Å². The Kier molecular flexibility index (Phi) is 5.82. The average Bonchev–Trinajstić information content (AvgIpc) is 2.64. The molecular weight excluding hydrogens is 352 g/mol. The number of halogens is 2. The minimum absolute atomic E-state index is 0. The quantitative estimate of drug-likeness (QED) is 0.888. The number of carbonyl (C=O) groups is 1. The topological polar surface area (TPSA) is 76.7 Å². The number of amides is 1. The number of carbonyl (C=O) groups excluding carboxylic acids is 1. The largest absolute Gasteiger partial charge is 0.412 e. The van der Waals surface area contributed by atoms with Crippen molar-refractivity contribution in [3.63, 3.8) is 0 Å². The van der Waals surface area contributed by atoms with Crippen LogP contribution in [0.1, 0.15) is 28.8 Å². The molecule has 144 valence electrons. The van der Waals surface area contributed by atoms with Gasteiger partial charge in [-0.3, -0.25) is 14.7 Å². The first-order chi connectivity index (χ1) is 12.6. The molecule has 27 heavy (non-hydrogen) atoms. The fourth-order valence-electron chi connectivity index (χ4n) is 4.30.